The van der Waals surface area contributed by atoms with E-state index in [1.54, 1.807) is 24.3 Å². The molecule has 1 heterocycles. The van der Waals surface area contributed by atoms with Gasteiger partial charge >= 0.3 is 0 Å². The molecule has 2 aromatic rings. The van der Waals surface area contributed by atoms with E-state index in [0.717, 1.165) is 39.1 Å². The largest absolute Gasteiger partial charge is 0.376 e. The van der Waals surface area contributed by atoms with Crippen LogP contribution in [0.2, 0.25) is 5.02 Å². The highest BCUT2D eigenvalue weighted by Crippen LogP contribution is 2.24. The summed E-state index contributed by atoms with van der Waals surface area (Å²) >= 11 is 5.89. The van der Waals surface area contributed by atoms with Crippen molar-refractivity contribution < 1.29 is 9.90 Å². The topological polar surface area (TPSA) is 55.8 Å². The fourth-order valence-corrected chi connectivity index (χ4v) is 3.98. The summed E-state index contributed by atoms with van der Waals surface area (Å²) in [5.41, 5.74) is 2.92. The summed E-state index contributed by atoms with van der Waals surface area (Å²) in [6.45, 7) is 11.4. The number of aryl methyl sites for hydroxylation is 2. The Hall–Kier alpha value is -2.08. The van der Waals surface area contributed by atoms with Crippen molar-refractivity contribution in [3.63, 3.8) is 0 Å². The lowest BCUT2D eigenvalue weighted by molar-refractivity contribution is -0.139. The number of nitrogens with one attached hydrogen (secondary N) is 1. The van der Waals surface area contributed by atoms with Gasteiger partial charge in [-0.15, -0.1) is 0 Å². The Kier molecular flexibility index (Phi) is 7.40. The number of benzene rings is 2. The lowest BCUT2D eigenvalue weighted by Gasteiger charge is -2.37. The van der Waals surface area contributed by atoms with Crippen LogP contribution in [0.1, 0.15) is 30.0 Å². The Balaban J connectivity index is 1.40. The van der Waals surface area contributed by atoms with Crippen molar-refractivity contribution in [3.05, 3.63) is 64.2 Å². The van der Waals surface area contributed by atoms with Crippen molar-refractivity contribution in [2.24, 2.45) is 0 Å². The third-order valence-electron chi connectivity index (χ3n) is 5.86. The molecule has 3 rings (SSSR count). The summed E-state index contributed by atoms with van der Waals surface area (Å²) in [5, 5.41) is 14.0. The molecule has 162 valence electrons. The highest BCUT2D eigenvalue weighted by Gasteiger charge is 2.32. The van der Waals surface area contributed by atoms with Gasteiger partial charge in [0.15, 0.2) is 5.60 Å². The van der Waals surface area contributed by atoms with Crippen LogP contribution in [0.25, 0.3) is 0 Å². The molecule has 2 N–H and O–H groups in total. The Morgan fingerprint density at radius 3 is 2.43 bits per heavy atom. The quantitative estimate of drug-likeness (QED) is 0.661. The van der Waals surface area contributed by atoms with Gasteiger partial charge in [-0.05, 0) is 68.6 Å². The van der Waals surface area contributed by atoms with Gasteiger partial charge in [-0.2, -0.15) is 0 Å². The number of anilines is 1. The van der Waals surface area contributed by atoms with Gasteiger partial charge in [-0.1, -0.05) is 35.9 Å². The highest BCUT2D eigenvalue weighted by molar-refractivity contribution is 6.30. The first-order chi connectivity index (χ1) is 14.3. The van der Waals surface area contributed by atoms with Gasteiger partial charge in [0.1, 0.15) is 0 Å². The number of hydrogen-bond donors (Lipinski definition) is 2. The molecular weight excluding hydrogens is 398 g/mol. The number of carbonyl (C=O) groups excluding carboxylic acids is 1. The number of aliphatic hydroxyl groups is 1. The maximum absolute atomic E-state index is 12.4. The molecule has 0 saturated carbocycles. The molecule has 1 aliphatic heterocycles. The first-order valence-electron chi connectivity index (χ1n) is 10.6. The van der Waals surface area contributed by atoms with E-state index in [0.29, 0.717) is 17.1 Å². The molecule has 0 bridgehead atoms. The Labute approximate surface area is 184 Å². The van der Waals surface area contributed by atoms with Crippen LogP contribution in [0.5, 0.6) is 0 Å². The average molecular weight is 430 g/mol. The molecule has 5 nitrogen and oxygen atoms in total. The van der Waals surface area contributed by atoms with Gasteiger partial charge in [0.2, 0.25) is 0 Å². The summed E-state index contributed by atoms with van der Waals surface area (Å²) in [5.74, 6) is -0.385. The van der Waals surface area contributed by atoms with E-state index < -0.39 is 5.60 Å². The molecule has 30 heavy (non-hydrogen) atoms. The molecule has 0 aromatic heterocycles. The smallest absolute Gasteiger partial charge is 0.256 e. The summed E-state index contributed by atoms with van der Waals surface area (Å²) in [4.78, 5) is 17.3. The van der Waals surface area contributed by atoms with Gasteiger partial charge in [0.25, 0.3) is 5.91 Å². The molecule has 1 fully saturated rings. The molecule has 0 spiro atoms. The Morgan fingerprint density at radius 2 is 1.77 bits per heavy atom. The molecular formula is C24H32ClN3O2. The third kappa shape index (κ3) is 5.54. The number of rotatable bonds is 7. The van der Waals surface area contributed by atoms with Crippen molar-refractivity contribution in [2.45, 2.75) is 32.8 Å². The molecule has 1 amide bonds. The predicted octanol–water partition coefficient (Wildman–Crippen LogP) is 3.49. The Bertz CT molecular complexity index is 859. The van der Waals surface area contributed by atoms with E-state index in [4.69, 9.17) is 11.6 Å². The first-order valence-corrected chi connectivity index (χ1v) is 11.0. The van der Waals surface area contributed by atoms with Crippen LogP contribution in [0.3, 0.4) is 0 Å². The normalized spacial score (nSPS) is 16.9. The number of halogens is 1. The van der Waals surface area contributed by atoms with Crippen LogP contribution in [-0.4, -0.2) is 55.2 Å². The molecule has 1 atom stereocenters. The number of nitrogens with zero attached hydrogens (tertiary/aromatic N) is 2. The van der Waals surface area contributed by atoms with Crippen LogP contribution in [0.4, 0.5) is 5.69 Å². The second kappa shape index (κ2) is 9.82. The lowest BCUT2D eigenvalue weighted by Crippen LogP contribution is -2.47. The molecule has 0 aliphatic carbocycles. The zero-order valence-electron chi connectivity index (χ0n) is 18.1. The zero-order valence-corrected chi connectivity index (χ0v) is 18.9. The molecule has 0 radical (unpaired) electrons. The van der Waals surface area contributed by atoms with Crippen LogP contribution in [0, 0.1) is 13.8 Å². The molecule has 1 unspecified atom stereocenters. The maximum Gasteiger partial charge on any atom is 0.256 e. The summed E-state index contributed by atoms with van der Waals surface area (Å²) in [6.07, 6.45) is 0.853. The number of hydrogen-bond acceptors (Lipinski definition) is 4. The number of carbonyl (C=O) groups is 1. The highest BCUT2D eigenvalue weighted by atomic mass is 35.5. The summed E-state index contributed by atoms with van der Waals surface area (Å²) < 4.78 is 0. The molecule has 6 heteroatoms. The van der Waals surface area contributed by atoms with E-state index in [1.807, 2.05) is 0 Å². The average Bonchev–Trinajstić information content (AvgIpc) is 2.73. The van der Waals surface area contributed by atoms with E-state index in [2.05, 4.69) is 47.2 Å². The van der Waals surface area contributed by atoms with Crippen LogP contribution in [-0.2, 0) is 10.4 Å². The van der Waals surface area contributed by atoms with Crippen LogP contribution < -0.4 is 10.2 Å². The van der Waals surface area contributed by atoms with Gasteiger partial charge in [-0.25, -0.2) is 0 Å². The summed E-state index contributed by atoms with van der Waals surface area (Å²) in [7, 11) is 0. The lowest BCUT2D eigenvalue weighted by atomic mass is 9.95. The fraction of sp³-hybridized carbons (Fsp3) is 0.458. The second-order valence-corrected chi connectivity index (χ2v) is 8.74. The maximum atomic E-state index is 12.4. The van der Waals surface area contributed by atoms with E-state index >= 15 is 0 Å². The minimum atomic E-state index is -1.57. The SMILES string of the molecule is Cc1ccc(C)c(N2CCN(CCCNC(=O)C(C)(O)c3ccc(Cl)cc3)CC2)c1. The minimum Gasteiger partial charge on any atom is -0.376 e. The van der Waals surface area contributed by atoms with Crippen LogP contribution >= 0.6 is 11.6 Å². The van der Waals surface area contributed by atoms with Crippen molar-refractivity contribution in [1.82, 2.24) is 10.2 Å². The van der Waals surface area contributed by atoms with Gasteiger partial charge in [0.05, 0.1) is 0 Å². The van der Waals surface area contributed by atoms with E-state index in [-0.39, 0.29) is 5.91 Å². The number of piperazine rings is 1. The predicted molar refractivity (Wildman–Crippen MR) is 123 cm³/mol. The zero-order chi connectivity index (χ0) is 21.7. The van der Waals surface area contributed by atoms with Crippen molar-refractivity contribution >= 4 is 23.2 Å². The molecule has 1 saturated heterocycles. The van der Waals surface area contributed by atoms with E-state index in [1.165, 1.54) is 23.7 Å². The standard InChI is InChI=1S/C24H32ClN3O2/c1-18-5-6-19(2)22(17-18)28-15-13-27(14-16-28)12-4-11-26-23(29)24(3,30)20-7-9-21(25)10-8-20/h5-10,17,30H,4,11-16H2,1-3H3,(H,26,29). The third-order valence-corrected chi connectivity index (χ3v) is 6.11. The van der Waals surface area contributed by atoms with Gasteiger partial charge in [-0.3, -0.25) is 9.69 Å². The van der Waals surface area contributed by atoms with Gasteiger partial charge in [0, 0.05) is 43.4 Å². The molecule has 2 aromatic carbocycles. The number of amides is 1. The van der Waals surface area contributed by atoms with E-state index in [9.17, 15) is 9.90 Å². The summed E-state index contributed by atoms with van der Waals surface area (Å²) in [6, 6.07) is 13.3. The van der Waals surface area contributed by atoms with Crippen molar-refractivity contribution in [2.75, 3.05) is 44.2 Å². The monoisotopic (exact) mass is 429 g/mol. The van der Waals surface area contributed by atoms with Crippen molar-refractivity contribution in [1.29, 1.82) is 0 Å². The first kappa shape index (κ1) is 22.6. The van der Waals surface area contributed by atoms with Crippen molar-refractivity contribution in [3.8, 4) is 0 Å². The fourth-order valence-electron chi connectivity index (χ4n) is 3.85. The second-order valence-electron chi connectivity index (χ2n) is 8.31. The Morgan fingerprint density at radius 1 is 1.10 bits per heavy atom. The van der Waals surface area contributed by atoms with Crippen LogP contribution in [0.15, 0.2) is 42.5 Å². The van der Waals surface area contributed by atoms with Gasteiger partial charge < -0.3 is 15.3 Å². The molecule has 1 aliphatic rings. The minimum absolute atomic E-state index is 0.385.